The fourth-order valence-corrected chi connectivity index (χ4v) is 3.37. The average Bonchev–Trinajstić information content (AvgIpc) is 2.94. The average molecular weight is 275 g/mol. The molecule has 0 aliphatic rings. The van der Waals surface area contributed by atoms with Crippen molar-refractivity contribution in [2.75, 3.05) is 0 Å². The van der Waals surface area contributed by atoms with Crippen LogP contribution in [-0.4, -0.2) is 4.40 Å². The summed E-state index contributed by atoms with van der Waals surface area (Å²) in [5.41, 5.74) is 1.12. The van der Waals surface area contributed by atoms with Crippen LogP contribution in [0, 0.1) is 5.82 Å². The van der Waals surface area contributed by atoms with Crippen molar-refractivity contribution in [1.29, 1.82) is 0 Å². The number of imidazole rings is 1. The second-order valence-electron chi connectivity index (χ2n) is 4.69. The third kappa shape index (κ3) is 2.54. The molecule has 98 valence electrons. The fraction of sp³-hybridized carbons (Fsp3) is 0.267. The first-order chi connectivity index (χ1) is 9.26. The van der Waals surface area contributed by atoms with Crippen LogP contribution in [0.15, 0.2) is 42.9 Å². The zero-order valence-electron chi connectivity index (χ0n) is 10.8. The van der Waals surface area contributed by atoms with E-state index in [4.69, 9.17) is 0 Å². The van der Waals surface area contributed by atoms with Crippen molar-refractivity contribution in [3.05, 3.63) is 59.1 Å². The van der Waals surface area contributed by atoms with Gasteiger partial charge in [-0.1, -0.05) is 36.8 Å². The van der Waals surface area contributed by atoms with Gasteiger partial charge in [-0.15, -0.1) is 0 Å². The monoisotopic (exact) mass is 275 g/mol. The van der Waals surface area contributed by atoms with Crippen LogP contribution in [0.5, 0.6) is 0 Å². The molecule has 0 fully saturated rings. The Morgan fingerprint density at radius 2 is 2.05 bits per heavy atom. The van der Waals surface area contributed by atoms with Crippen molar-refractivity contribution < 1.29 is 8.96 Å². The van der Waals surface area contributed by atoms with Gasteiger partial charge in [-0.25, -0.2) is 8.96 Å². The predicted octanol–water partition coefficient (Wildman–Crippen LogP) is 3.43. The Morgan fingerprint density at radius 1 is 1.26 bits per heavy atom. The SMILES string of the molecule is CCCc1cn2cc[n+](Cc3ccc(F)cc3)c2s1. The number of thiazole rings is 1. The Bertz CT molecular complexity index is 682. The largest absolute Gasteiger partial charge is 0.346 e. The third-order valence-corrected chi connectivity index (χ3v) is 4.34. The molecule has 2 nitrogen and oxygen atoms in total. The van der Waals surface area contributed by atoms with Crippen molar-refractivity contribution >= 4 is 16.3 Å². The van der Waals surface area contributed by atoms with Gasteiger partial charge in [-0.2, -0.15) is 4.40 Å². The highest BCUT2D eigenvalue weighted by molar-refractivity contribution is 7.16. The van der Waals surface area contributed by atoms with E-state index in [0.717, 1.165) is 18.5 Å². The highest BCUT2D eigenvalue weighted by Crippen LogP contribution is 2.17. The highest BCUT2D eigenvalue weighted by Gasteiger charge is 2.14. The smallest absolute Gasteiger partial charge is 0.217 e. The van der Waals surface area contributed by atoms with Gasteiger partial charge < -0.3 is 0 Å². The molecule has 0 atom stereocenters. The lowest BCUT2D eigenvalue weighted by Crippen LogP contribution is -2.31. The minimum atomic E-state index is -0.183. The summed E-state index contributed by atoms with van der Waals surface area (Å²) in [7, 11) is 0. The number of benzene rings is 1. The first kappa shape index (κ1) is 12.4. The Kier molecular flexibility index (Phi) is 3.34. The highest BCUT2D eigenvalue weighted by atomic mass is 32.1. The van der Waals surface area contributed by atoms with Crippen LogP contribution in [0.1, 0.15) is 23.8 Å². The van der Waals surface area contributed by atoms with Crippen molar-refractivity contribution in [3.63, 3.8) is 0 Å². The molecule has 4 heteroatoms. The van der Waals surface area contributed by atoms with Gasteiger partial charge in [0.2, 0.25) is 0 Å². The summed E-state index contributed by atoms with van der Waals surface area (Å²) in [6.45, 7) is 2.98. The lowest BCUT2D eigenvalue weighted by Gasteiger charge is -1.97. The van der Waals surface area contributed by atoms with E-state index >= 15 is 0 Å². The van der Waals surface area contributed by atoms with Crippen LogP contribution < -0.4 is 4.57 Å². The summed E-state index contributed by atoms with van der Waals surface area (Å²) in [5.74, 6) is -0.183. The molecule has 0 spiro atoms. The predicted molar refractivity (Wildman–Crippen MR) is 75.0 cm³/mol. The van der Waals surface area contributed by atoms with E-state index < -0.39 is 0 Å². The van der Waals surface area contributed by atoms with Crippen LogP contribution >= 0.6 is 11.3 Å². The number of halogens is 1. The third-order valence-electron chi connectivity index (χ3n) is 3.14. The number of nitrogens with zero attached hydrogens (tertiary/aromatic N) is 2. The number of hydrogen-bond acceptors (Lipinski definition) is 1. The summed E-state index contributed by atoms with van der Waals surface area (Å²) >= 11 is 1.83. The van der Waals surface area contributed by atoms with Crippen LogP contribution in [0.3, 0.4) is 0 Å². The van der Waals surface area contributed by atoms with Gasteiger partial charge in [0.1, 0.15) is 31.0 Å². The van der Waals surface area contributed by atoms with E-state index in [1.165, 1.54) is 28.4 Å². The molecule has 1 aromatic carbocycles. The summed E-state index contributed by atoms with van der Waals surface area (Å²) in [6, 6.07) is 6.71. The van der Waals surface area contributed by atoms with Gasteiger partial charge in [-0.3, -0.25) is 0 Å². The lowest BCUT2D eigenvalue weighted by atomic mass is 10.2. The minimum absolute atomic E-state index is 0.183. The molecule has 2 heterocycles. The molecule has 0 aliphatic heterocycles. The number of aromatic nitrogens is 2. The van der Waals surface area contributed by atoms with E-state index in [-0.39, 0.29) is 5.82 Å². The van der Waals surface area contributed by atoms with E-state index in [2.05, 4.69) is 34.5 Å². The number of hydrogen-bond donors (Lipinski definition) is 0. The first-order valence-electron chi connectivity index (χ1n) is 6.49. The fourth-order valence-electron chi connectivity index (χ4n) is 2.21. The maximum atomic E-state index is 12.9. The Morgan fingerprint density at radius 3 is 2.79 bits per heavy atom. The van der Waals surface area contributed by atoms with E-state index in [1.807, 2.05) is 23.5 Å². The Balaban J connectivity index is 1.89. The molecule has 3 aromatic rings. The lowest BCUT2D eigenvalue weighted by molar-refractivity contribution is -0.659. The van der Waals surface area contributed by atoms with E-state index in [0.29, 0.717) is 0 Å². The molecular formula is C15H16FN2S+. The van der Waals surface area contributed by atoms with Crippen LogP contribution in [0.4, 0.5) is 4.39 Å². The normalized spacial score (nSPS) is 11.3. The molecule has 0 unspecified atom stereocenters. The molecule has 2 aromatic heterocycles. The molecule has 0 saturated carbocycles. The van der Waals surface area contributed by atoms with E-state index in [1.54, 1.807) is 0 Å². The summed E-state index contributed by atoms with van der Waals surface area (Å²) in [5, 5.41) is 0. The van der Waals surface area contributed by atoms with Gasteiger partial charge in [0.05, 0.1) is 4.88 Å². The number of fused-ring (bicyclic) bond motifs is 1. The van der Waals surface area contributed by atoms with Crippen LogP contribution in [0.25, 0.3) is 4.96 Å². The van der Waals surface area contributed by atoms with Gasteiger partial charge in [0.25, 0.3) is 0 Å². The van der Waals surface area contributed by atoms with Gasteiger partial charge in [0.15, 0.2) is 0 Å². The molecule has 0 bridgehead atoms. The minimum Gasteiger partial charge on any atom is -0.217 e. The van der Waals surface area contributed by atoms with Crippen molar-refractivity contribution in [2.24, 2.45) is 0 Å². The summed E-state index contributed by atoms with van der Waals surface area (Å²) in [6.07, 6.45) is 8.65. The molecule has 19 heavy (non-hydrogen) atoms. The molecule has 0 radical (unpaired) electrons. The Labute approximate surface area is 115 Å². The van der Waals surface area contributed by atoms with Crippen molar-refractivity contribution in [2.45, 2.75) is 26.3 Å². The number of aryl methyl sites for hydroxylation is 1. The van der Waals surface area contributed by atoms with Crippen molar-refractivity contribution in [1.82, 2.24) is 4.40 Å². The van der Waals surface area contributed by atoms with Gasteiger partial charge in [0, 0.05) is 0 Å². The maximum Gasteiger partial charge on any atom is 0.346 e. The summed E-state index contributed by atoms with van der Waals surface area (Å²) < 4.78 is 17.3. The molecule has 3 rings (SSSR count). The first-order valence-corrected chi connectivity index (χ1v) is 7.31. The molecule has 0 N–H and O–H groups in total. The second-order valence-corrected chi connectivity index (χ2v) is 5.78. The zero-order chi connectivity index (χ0) is 13.2. The van der Waals surface area contributed by atoms with Crippen LogP contribution in [-0.2, 0) is 13.0 Å². The standard InChI is InChI=1S/C15H16FN2S/c1-2-3-14-11-18-9-8-17(15(18)19-14)10-12-4-6-13(16)7-5-12/h4-9,11H,2-3,10H2,1H3/q+1. The molecular weight excluding hydrogens is 259 g/mol. The second kappa shape index (κ2) is 5.13. The van der Waals surface area contributed by atoms with E-state index in [9.17, 15) is 4.39 Å². The van der Waals surface area contributed by atoms with Gasteiger partial charge in [-0.05, 0) is 24.1 Å². The maximum absolute atomic E-state index is 12.9. The molecule has 0 aliphatic carbocycles. The van der Waals surface area contributed by atoms with Gasteiger partial charge >= 0.3 is 4.96 Å². The number of rotatable bonds is 4. The topological polar surface area (TPSA) is 8.29 Å². The Hall–Kier alpha value is -1.68. The quantitative estimate of drug-likeness (QED) is 0.645. The molecule has 0 amide bonds. The zero-order valence-corrected chi connectivity index (χ0v) is 11.7. The summed E-state index contributed by atoms with van der Waals surface area (Å²) in [4.78, 5) is 2.64. The molecule has 0 saturated heterocycles. The van der Waals surface area contributed by atoms with Crippen LogP contribution in [0.2, 0.25) is 0 Å². The van der Waals surface area contributed by atoms with Crippen molar-refractivity contribution in [3.8, 4) is 0 Å².